The van der Waals surface area contributed by atoms with E-state index in [0.29, 0.717) is 18.3 Å². The monoisotopic (exact) mass is 271 g/mol. The molecule has 0 aliphatic heterocycles. The highest BCUT2D eigenvalue weighted by Crippen LogP contribution is 2.17. The number of nitrogens with one attached hydrogen (secondary N) is 1. The molecule has 0 aliphatic carbocycles. The van der Waals surface area contributed by atoms with E-state index in [2.05, 4.69) is 19.2 Å². The minimum Gasteiger partial charge on any atom is -0.426 e. The highest BCUT2D eigenvalue weighted by molar-refractivity contribution is 6.43. The summed E-state index contributed by atoms with van der Waals surface area (Å²) >= 11 is 0. The number of hydrogen-bond donors (Lipinski definition) is 3. The first-order chi connectivity index (χ1) is 8.77. The van der Waals surface area contributed by atoms with Gasteiger partial charge in [0, 0.05) is 5.92 Å². The molecule has 0 rings (SSSR count). The predicted octanol–water partition coefficient (Wildman–Crippen LogP) is 1.99. The molecule has 1 amide bonds. The van der Waals surface area contributed by atoms with E-state index in [0.717, 1.165) is 19.3 Å². The van der Waals surface area contributed by atoms with Gasteiger partial charge >= 0.3 is 7.12 Å². The topological polar surface area (TPSA) is 69.6 Å². The summed E-state index contributed by atoms with van der Waals surface area (Å²) in [6.45, 7) is 10.2. The van der Waals surface area contributed by atoms with Gasteiger partial charge in [0.15, 0.2) is 0 Å². The Balaban J connectivity index is 4.30. The summed E-state index contributed by atoms with van der Waals surface area (Å²) in [6, 6.07) is 0. The van der Waals surface area contributed by atoms with Gasteiger partial charge in [-0.2, -0.15) is 0 Å². The van der Waals surface area contributed by atoms with E-state index in [1.54, 1.807) is 0 Å². The Morgan fingerprint density at radius 2 is 1.74 bits per heavy atom. The van der Waals surface area contributed by atoms with Crippen molar-refractivity contribution in [2.45, 2.75) is 66.2 Å². The molecule has 0 aromatic carbocycles. The Kier molecular flexibility index (Phi) is 9.10. The van der Waals surface area contributed by atoms with E-state index >= 15 is 0 Å². The number of amides is 1. The van der Waals surface area contributed by atoms with Gasteiger partial charge in [-0.05, 0) is 24.7 Å². The number of rotatable bonds is 9. The lowest BCUT2D eigenvalue weighted by molar-refractivity contribution is -0.125. The molecule has 0 saturated carbocycles. The molecule has 19 heavy (non-hydrogen) atoms. The summed E-state index contributed by atoms with van der Waals surface area (Å²) in [5.74, 6) is 0.0860. The first-order valence-corrected chi connectivity index (χ1v) is 7.44. The van der Waals surface area contributed by atoms with Crippen LogP contribution in [0, 0.1) is 17.8 Å². The summed E-state index contributed by atoms with van der Waals surface area (Å²) in [5, 5.41) is 21.4. The normalized spacial score (nSPS) is 16.0. The number of hydrogen-bond acceptors (Lipinski definition) is 3. The van der Waals surface area contributed by atoms with E-state index in [-0.39, 0.29) is 11.8 Å². The molecule has 5 heteroatoms. The van der Waals surface area contributed by atoms with E-state index < -0.39 is 13.1 Å². The average Bonchev–Trinajstić information content (AvgIpc) is 2.27. The fraction of sp³-hybridized carbons (Fsp3) is 0.929. The molecule has 0 saturated heterocycles. The molecule has 4 nitrogen and oxygen atoms in total. The van der Waals surface area contributed by atoms with Gasteiger partial charge < -0.3 is 15.4 Å². The third kappa shape index (κ3) is 8.27. The van der Waals surface area contributed by atoms with Crippen LogP contribution in [0.3, 0.4) is 0 Å². The minimum atomic E-state index is -1.49. The third-order valence-corrected chi connectivity index (χ3v) is 3.40. The van der Waals surface area contributed by atoms with Gasteiger partial charge in [-0.3, -0.25) is 4.79 Å². The van der Waals surface area contributed by atoms with Gasteiger partial charge in [-0.15, -0.1) is 0 Å². The summed E-state index contributed by atoms with van der Waals surface area (Å²) < 4.78 is 0. The maximum Gasteiger partial charge on any atom is 0.475 e. The zero-order chi connectivity index (χ0) is 15.0. The van der Waals surface area contributed by atoms with Crippen LogP contribution in [0.15, 0.2) is 0 Å². The Morgan fingerprint density at radius 3 is 2.16 bits per heavy atom. The standard InChI is InChI=1S/C14H30BNO3/c1-6-7-11(4)9-12(5)14(17)16-13(15(18)19)8-10(2)3/h10-13,18-19H,6-9H2,1-5H3,(H,16,17)/t11-,12+,13+/m1/s1. The van der Waals surface area contributed by atoms with Crippen LogP contribution in [0.25, 0.3) is 0 Å². The highest BCUT2D eigenvalue weighted by Gasteiger charge is 2.28. The molecule has 0 fully saturated rings. The van der Waals surface area contributed by atoms with Gasteiger partial charge in [-0.25, -0.2) is 0 Å². The molecular formula is C14H30BNO3. The molecule has 0 aliphatic rings. The molecular weight excluding hydrogens is 241 g/mol. The first-order valence-electron chi connectivity index (χ1n) is 7.44. The molecule has 0 aromatic heterocycles. The van der Waals surface area contributed by atoms with Crippen molar-refractivity contribution in [3.63, 3.8) is 0 Å². The molecule has 0 heterocycles. The van der Waals surface area contributed by atoms with Crippen LogP contribution < -0.4 is 5.32 Å². The van der Waals surface area contributed by atoms with Crippen molar-refractivity contribution in [1.82, 2.24) is 5.32 Å². The van der Waals surface area contributed by atoms with Crippen molar-refractivity contribution in [2.24, 2.45) is 17.8 Å². The molecule has 0 spiro atoms. The molecule has 112 valence electrons. The first kappa shape index (κ1) is 18.5. The van der Waals surface area contributed by atoms with Crippen molar-refractivity contribution >= 4 is 13.0 Å². The van der Waals surface area contributed by atoms with Crippen molar-refractivity contribution < 1.29 is 14.8 Å². The van der Waals surface area contributed by atoms with Crippen molar-refractivity contribution in [2.75, 3.05) is 0 Å². The maximum absolute atomic E-state index is 12.0. The number of carbonyl (C=O) groups is 1. The molecule has 0 radical (unpaired) electrons. The Bertz CT molecular complexity index is 259. The average molecular weight is 271 g/mol. The predicted molar refractivity (Wildman–Crippen MR) is 79.4 cm³/mol. The van der Waals surface area contributed by atoms with Gasteiger partial charge in [0.2, 0.25) is 5.91 Å². The van der Waals surface area contributed by atoms with Gasteiger partial charge in [0.25, 0.3) is 0 Å². The minimum absolute atomic E-state index is 0.0818. The number of carbonyl (C=O) groups excluding carboxylic acids is 1. The zero-order valence-electron chi connectivity index (χ0n) is 13.0. The summed E-state index contributed by atoms with van der Waals surface area (Å²) in [6.07, 6.45) is 3.66. The third-order valence-electron chi connectivity index (χ3n) is 3.40. The zero-order valence-corrected chi connectivity index (χ0v) is 13.0. The van der Waals surface area contributed by atoms with Gasteiger partial charge in [0.1, 0.15) is 0 Å². The van der Waals surface area contributed by atoms with Crippen LogP contribution in [-0.4, -0.2) is 29.0 Å². The second-order valence-electron chi connectivity index (χ2n) is 6.19. The second kappa shape index (κ2) is 9.37. The van der Waals surface area contributed by atoms with E-state index in [4.69, 9.17) is 0 Å². The highest BCUT2D eigenvalue weighted by atomic mass is 16.4. The lowest BCUT2D eigenvalue weighted by atomic mass is 9.74. The van der Waals surface area contributed by atoms with E-state index in [9.17, 15) is 14.8 Å². The van der Waals surface area contributed by atoms with Crippen LogP contribution in [0.1, 0.15) is 60.3 Å². The maximum atomic E-state index is 12.0. The van der Waals surface area contributed by atoms with Crippen molar-refractivity contribution in [3.8, 4) is 0 Å². The molecule has 0 unspecified atom stereocenters. The van der Waals surface area contributed by atoms with Crippen LogP contribution >= 0.6 is 0 Å². The SMILES string of the molecule is CCC[C@@H](C)C[C@H](C)C(=O)N[C@@H](CC(C)C)B(O)O. The summed E-state index contributed by atoms with van der Waals surface area (Å²) in [4.78, 5) is 12.0. The summed E-state index contributed by atoms with van der Waals surface area (Å²) in [5.41, 5.74) is 0. The van der Waals surface area contributed by atoms with Crippen molar-refractivity contribution in [3.05, 3.63) is 0 Å². The Labute approximate surface area is 118 Å². The summed E-state index contributed by atoms with van der Waals surface area (Å²) in [7, 11) is -1.49. The Morgan fingerprint density at radius 1 is 1.16 bits per heavy atom. The lowest BCUT2D eigenvalue weighted by Gasteiger charge is -2.23. The lowest BCUT2D eigenvalue weighted by Crippen LogP contribution is -2.48. The van der Waals surface area contributed by atoms with Crippen LogP contribution in [-0.2, 0) is 4.79 Å². The fourth-order valence-corrected chi connectivity index (χ4v) is 2.41. The molecule has 3 N–H and O–H groups in total. The largest absolute Gasteiger partial charge is 0.475 e. The van der Waals surface area contributed by atoms with Crippen LogP contribution in [0.5, 0.6) is 0 Å². The fourth-order valence-electron chi connectivity index (χ4n) is 2.41. The van der Waals surface area contributed by atoms with E-state index in [1.165, 1.54) is 0 Å². The second-order valence-corrected chi connectivity index (χ2v) is 6.19. The van der Waals surface area contributed by atoms with Gasteiger partial charge in [0.05, 0.1) is 5.94 Å². The van der Waals surface area contributed by atoms with Gasteiger partial charge in [-0.1, -0.05) is 47.5 Å². The van der Waals surface area contributed by atoms with Crippen LogP contribution in [0.2, 0.25) is 0 Å². The van der Waals surface area contributed by atoms with Crippen molar-refractivity contribution in [1.29, 1.82) is 0 Å². The van der Waals surface area contributed by atoms with Crippen LogP contribution in [0.4, 0.5) is 0 Å². The molecule has 0 aromatic rings. The molecule has 0 bridgehead atoms. The Hall–Kier alpha value is -0.545. The van der Waals surface area contributed by atoms with E-state index in [1.807, 2.05) is 20.8 Å². The smallest absolute Gasteiger partial charge is 0.426 e. The molecule has 3 atom stereocenters. The quantitative estimate of drug-likeness (QED) is 0.562.